The molecule has 1 amide bonds. The zero-order valence-electron chi connectivity index (χ0n) is 13.1. The lowest BCUT2D eigenvalue weighted by Gasteiger charge is -2.64. The fraction of sp³-hybridized carbons (Fsp3) is 0.875. The van der Waals surface area contributed by atoms with Gasteiger partial charge in [0.1, 0.15) is 5.60 Å². The molecule has 0 aromatic rings. The molecule has 4 aliphatic rings. The Bertz CT molecular complexity index is 467. The standard InChI is InChI=1S/C16H25NO4/c1-14(2,3)21-13(20)17-7-11(8-17)15-5-4-6-16(9-15,10-15)12(18)19/h11H,4-10H2,1-3H3,(H,18,19). The van der Waals surface area contributed by atoms with E-state index in [1.807, 2.05) is 20.8 Å². The lowest BCUT2D eigenvalue weighted by Crippen LogP contribution is -2.65. The van der Waals surface area contributed by atoms with Gasteiger partial charge >= 0.3 is 12.1 Å². The van der Waals surface area contributed by atoms with E-state index in [1.54, 1.807) is 4.90 Å². The summed E-state index contributed by atoms with van der Waals surface area (Å²) in [6.45, 7) is 7.06. The molecule has 5 nitrogen and oxygen atoms in total. The Morgan fingerprint density at radius 1 is 1.19 bits per heavy atom. The number of amides is 1. The topological polar surface area (TPSA) is 66.8 Å². The average molecular weight is 295 g/mol. The number of aliphatic carboxylic acids is 1. The lowest BCUT2D eigenvalue weighted by atomic mass is 9.41. The van der Waals surface area contributed by atoms with Gasteiger partial charge in [0.25, 0.3) is 0 Å². The highest BCUT2D eigenvalue weighted by atomic mass is 16.6. The van der Waals surface area contributed by atoms with E-state index in [9.17, 15) is 14.7 Å². The van der Waals surface area contributed by atoms with Crippen molar-refractivity contribution in [2.75, 3.05) is 13.1 Å². The number of hydrogen-bond donors (Lipinski definition) is 1. The third-order valence-electron chi connectivity index (χ3n) is 5.56. The molecule has 118 valence electrons. The first kappa shape index (κ1) is 14.7. The SMILES string of the molecule is CC(C)(C)OC(=O)N1CC(C23CCCC(C(=O)O)(C2)C3)C1. The number of carboxylic acid groups (broad SMARTS) is 1. The second kappa shape index (κ2) is 4.37. The Balaban J connectivity index is 1.56. The molecular formula is C16H25NO4. The smallest absolute Gasteiger partial charge is 0.410 e. The number of ether oxygens (including phenoxy) is 1. The van der Waals surface area contributed by atoms with Crippen molar-refractivity contribution < 1.29 is 19.4 Å². The van der Waals surface area contributed by atoms with Crippen molar-refractivity contribution in [3.63, 3.8) is 0 Å². The summed E-state index contributed by atoms with van der Waals surface area (Å²) < 4.78 is 5.37. The van der Waals surface area contributed by atoms with Gasteiger partial charge in [0.05, 0.1) is 5.41 Å². The van der Waals surface area contributed by atoms with E-state index in [4.69, 9.17) is 4.74 Å². The van der Waals surface area contributed by atoms with Crippen molar-refractivity contribution in [1.29, 1.82) is 0 Å². The van der Waals surface area contributed by atoms with E-state index >= 15 is 0 Å². The van der Waals surface area contributed by atoms with Crippen LogP contribution in [0.5, 0.6) is 0 Å². The van der Waals surface area contributed by atoms with E-state index in [-0.39, 0.29) is 11.5 Å². The number of nitrogens with zero attached hydrogens (tertiary/aromatic N) is 1. The van der Waals surface area contributed by atoms with Gasteiger partial charge in [-0.3, -0.25) is 4.79 Å². The van der Waals surface area contributed by atoms with Crippen LogP contribution >= 0.6 is 0 Å². The van der Waals surface area contributed by atoms with Crippen LogP contribution in [-0.4, -0.2) is 40.8 Å². The first-order chi connectivity index (χ1) is 9.66. The number of rotatable bonds is 2. The molecule has 0 unspecified atom stereocenters. The van der Waals surface area contributed by atoms with Gasteiger partial charge in [0.15, 0.2) is 0 Å². The fourth-order valence-electron chi connectivity index (χ4n) is 4.52. The van der Waals surface area contributed by atoms with Gasteiger partial charge in [-0.25, -0.2) is 4.79 Å². The van der Waals surface area contributed by atoms with Gasteiger partial charge < -0.3 is 14.7 Å². The number of carboxylic acids is 1. The minimum Gasteiger partial charge on any atom is -0.481 e. The van der Waals surface area contributed by atoms with Crippen molar-refractivity contribution in [2.24, 2.45) is 16.7 Å². The zero-order valence-corrected chi connectivity index (χ0v) is 13.1. The molecule has 0 aromatic heterocycles. The van der Waals surface area contributed by atoms with Crippen LogP contribution in [0.4, 0.5) is 4.79 Å². The normalized spacial score (nSPS) is 35.7. The van der Waals surface area contributed by atoms with Crippen LogP contribution in [-0.2, 0) is 9.53 Å². The molecular weight excluding hydrogens is 270 g/mol. The monoisotopic (exact) mass is 295 g/mol. The highest BCUT2D eigenvalue weighted by Crippen LogP contribution is 2.67. The van der Waals surface area contributed by atoms with E-state index in [2.05, 4.69) is 0 Å². The van der Waals surface area contributed by atoms with E-state index in [1.165, 1.54) is 0 Å². The third kappa shape index (κ3) is 2.30. The van der Waals surface area contributed by atoms with Gasteiger partial charge in [-0.2, -0.15) is 0 Å². The first-order valence-corrected chi connectivity index (χ1v) is 7.87. The average Bonchev–Trinajstić information content (AvgIpc) is 2.23. The Kier molecular flexibility index (Phi) is 3.05. The number of likely N-dealkylation sites (tertiary alicyclic amines) is 1. The Morgan fingerprint density at radius 2 is 1.81 bits per heavy atom. The summed E-state index contributed by atoms with van der Waals surface area (Å²) in [5, 5.41) is 9.41. The van der Waals surface area contributed by atoms with Gasteiger partial charge in [-0.1, -0.05) is 6.42 Å². The molecule has 5 heteroatoms. The molecule has 1 N–H and O–H groups in total. The molecule has 2 bridgehead atoms. The molecule has 21 heavy (non-hydrogen) atoms. The molecule has 1 aliphatic heterocycles. The fourth-order valence-corrected chi connectivity index (χ4v) is 4.52. The third-order valence-corrected chi connectivity index (χ3v) is 5.56. The molecule has 1 saturated heterocycles. The number of carbonyl (C=O) groups is 2. The van der Waals surface area contributed by atoms with Crippen molar-refractivity contribution in [2.45, 2.75) is 58.5 Å². The second-order valence-electron chi connectivity index (χ2n) is 8.24. The van der Waals surface area contributed by atoms with Crippen LogP contribution in [0.3, 0.4) is 0 Å². The molecule has 0 aromatic carbocycles. The summed E-state index contributed by atoms with van der Waals surface area (Å²) >= 11 is 0. The second-order valence-corrected chi connectivity index (χ2v) is 8.24. The molecule has 3 aliphatic carbocycles. The van der Waals surface area contributed by atoms with Crippen molar-refractivity contribution in [3.05, 3.63) is 0 Å². The molecule has 1 heterocycles. The number of hydrogen-bond acceptors (Lipinski definition) is 3. The lowest BCUT2D eigenvalue weighted by molar-refractivity contribution is -0.195. The summed E-state index contributed by atoms with van der Waals surface area (Å²) in [4.78, 5) is 25.1. The van der Waals surface area contributed by atoms with E-state index in [0.29, 0.717) is 5.92 Å². The van der Waals surface area contributed by atoms with E-state index in [0.717, 1.165) is 45.2 Å². The predicted molar refractivity (Wildman–Crippen MR) is 76.9 cm³/mol. The number of fused-ring (bicyclic) bond motifs is 2. The maximum Gasteiger partial charge on any atom is 0.410 e. The van der Waals surface area contributed by atoms with Gasteiger partial charge in [-0.05, 0) is 51.9 Å². The van der Waals surface area contributed by atoms with Crippen LogP contribution < -0.4 is 0 Å². The van der Waals surface area contributed by atoms with E-state index < -0.39 is 17.0 Å². The van der Waals surface area contributed by atoms with Gasteiger partial charge in [0.2, 0.25) is 0 Å². The highest BCUT2D eigenvalue weighted by molar-refractivity contribution is 5.77. The summed E-state index contributed by atoms with van der Waals surface area (Å²) in [7, 11) is 0. The Hall–Kier alpha value is -1.26. The molecule has 0 spiro atoms. The van der Waals surface area contributed by atoms with Crippen LogP contribution in [0.25, 0.3) is 0 Å². The summed E-state index contributed by atoms with van der Waals surface area (Å²) in [6, 6.07) is 0. The summed E-state index contributed by atoms with van der Waals surface area (Å²) in [5.41, 5.74) is -0.736. The Morgan fingerprint density at radius 3 is 2.33 bits per heavy atom. The van der Waals surface area contributed by atoms with Crippen LogP contribution in [0.15, 0.2) is 0 Å². The van der Waals surface area contributed by atoms with Crippen molar-refractivity contribution in [3.8, 4) is 0 Å². The van der Waals surface area contributed by atoms with Crippen LogP contribution in [0.1, 0.15) is 52.9 Å². The summed E-state index contributed by atoms with van der Waals surface area (Å²) in [5.74, 6) is -0.168. The largest absolute Gasteiger partial charge is 0.481 e. The maximum atomic E-state index is 12.0. The zero-order chi connectivity index (χ0) is 15.5. The van der Waals surface area contributed by atoms with Crippen molar-refractivity contribution >= 4 is 12.1 Å². The quantitative estimate of drug-likeness (QED) is 0.850. The van der Waals surface area contributed by atoms with Crippen molar-refractivity contribution in [1.82, 2.24) is 4.90 Å². The highest BCUT2D eigenvalue weighted by Gasteiger charge is 2.65. The van der Waals surface area contributed by atoms with Gasteiger partial charge in [0, 0.05) is 19.0 Å². The van der Waals surface area contributed by atoms with Gasteiger partial charge in [-0.15, -0.1) is 0 Å². The molecule has 3 saturated carbocycles. The molecule has 4 fully saturated rings. The van der Waals surface area contributed by atoms with Crippen LogP contribution in [0, 0.1) is 16.7 Å². The molecule has 4 rings (SSSR count). The Labute approximate surface area is 125 Å². The minimum absolute atomic E-state index is 0.176. The van der Waals surface area contributed by atoms with Crippen LogP contribution in [0.2, 0.25) is 0 Å². The number of carbonyl (C=O) groups excluding carboxylic acids is 1. The predicted octanol–water partition coefficient (Wildman–Crippen LogP) is 2.89. The summed E-state index contributed by atoms with van der Waals surface area (Å²) in [6.07, 6.45) is 4.33. The molecule has 0 atom stereocenters. The maximum absolute atomic E-state index is 12.0. The first-order valence-electron chi connectivity index (χ1n) is 7.87. The molecule has 0 radical (unpaired) electrons. The minimum atomic E-state index is -0.624.